The van der Waals surface area contributed by atoms with E-state index in [0.29, 0.717) is 12.2 Å². The van der Waals surface area contributed by atoms with Gasteiger partial charge in [-0.1, -0.05) is 12.1 Å². The molecule has 0 radical (unpaired) electrons. The summed E-state index contributed by atoms with van der Waals surface area (Å²) >= 11 is 0. The maximum atomic E-state index is 11.7. The van der Waals surface area contributed by atoms with Crippen LogP contribution in [0.4, 0.5) is 17.2 Å². The van der Waals surface area contributed by atoms with Gasteiger partial charge in [0.05, 0.1) is 22.8 Å². The van der Waals surface area contributed by atoms with Gasteiger partial charge in [-0.05, 0) is 31.0 Å². The highest BCUT2D eigenvalue weighted by Gasteiger charge is 2.21. The van der Waals surface area contributed by atoms with Crippen molar-refractivity contribution >= 4 is 23.1 Å². The molecule has 1 aromatic carbocycles. The number of non-ortho nitro benzene ring substituents is 1. The normalized spacial score (nSPS) is 15.4. The van der Waals surface area contributed by atoms with Crippen LogP contribution in [-0.4, -0.2) is 22.4 Å². The minimum Gasteiger partial charge on any atom is -0.364 e. The molecule has 0 spiro atoms. The molecule has 1 aromatic heterocycles. The number of rotatable bonds is 5. The summed E-state index contributed by atoms with van der Waals surface area (Å²) in [5.41, 5.74) is 1.67. The molecular formula is C17H18N4O3. The molecule has 2 heterocycles. The summed E-state index contributed by atoms with van der Waals surface area (Å²) in [5, 5.41) is 14.1. The lowest BCUT2D eigenvalue weighted by molar-refractivity contribution is -0.384. The number of hydrogen-bond donors (Lipinski definition) is 1. The van der Waals surface area contributed by atoms with Gasteiger partial charge in [-0.15, -0.1) is 0 Å². The fraction of sp³-hybridized carbons (Fsp3) is 0.294. The van der Waals surface area contributed by atoms with Gasteiger partial charge in [0.2, 0.25) is 5.91 Å². The first-order valence-electron chi connectivity index (χ1n) is 7.82. The van der Waals surface area contributed by atoms with Crippen LogP contribution in [-0.2, 0) is 4.79 Å². The fourth-order valence-electron chi connectivity index (χ4n) is 2.77. The number of benzene rings is 1. The van der Waals surface area contributed by atoms with Crippen molar-refractivity contribution < 1.29 is 9.72 Å². The zero-order chi connectivity index (χ0) is 17.1. The number of pyridine rings is 1. The highest BCUT2D eigenvalue weighted by molar-refractivity contribution is 5.95. The predicted octanol–water partition coefficient (Wildman–Crippen LogP) is 3.29. The van der Waals surface area contributed by atoms with Crippen LogP contribution in [0.25, 0.3) is 0 Å². The fourth-order valence-corrected chi connectivity index (χ4v) is 2.77. The SMILES string of the molecule is C[C@H](Nc1ccc(N2CCCC2=O)cn1)c1cccc([N+](=O)[O-])c1. The van der Waals surface area contributed by atoms with E-state index in [0.717, 1.165) is 24.2 Å². The van der Waals surface area contributed by atoms with Gasteiger partial charge in [0.1, 0.15) is 5.82 Å². The molecule has 0 unspecified atom stereocenters. The second-order valence-electron chi connectivity index (χ2n) is 5.77. The Bertz CT molecular complexity index is 761. The summed E-state index contributed by atoms with van der Waals surface area (Å²) in [5.74, 6) is 0.784. The van der Waals surface area contributed by atoms with Crippen LogP contribution < -0.4 is 10.2 Å². The molecule has 7 heteroatoms. The number of nitro benzene ring substituents is 1. The monoisotopic (exact) mass is 326 g/mol. The van der Waals surface area contributed by atoms with E-state index in [1.165, 1.54) is 6.07 Å². The van der Waals surface area contributed by atoms with E-state index in [4.69, 9.17) is 0 Å². The molecule has 24 heavy (non-hydrogen) atoms. The van der Waals surface area contributed by atoms with Gasteiger partial charge in [-0.25, -0.2) is 4.98 Å². The Morgan fingerprint density at radius 1 is 1.33 bits per heavy atom. The van der Waals surface area contributed by atoms with Gasteiger partial charge in [0, 0.05) is 25.1 Å². The van der Waals surface area contributed by atoms with Gasteiger partial charge in [0.25, 0.3) is 5.69 Å². The Kier molecular flexibility index (Phi) is 4.41. The summed E-state index contributed by atoms with van der Waals surface area (Å²) in [6.07, 6.45) is 3.14. The molecule has 1 amide bonds. The average molecular weight is 326 g/mol. The molecule has 0 bridgehead atoms. The molecule has 7 nitrogen and oxygen atoms in total. The minimum absolute atomic E-state index is 0.0667. The number of carbonyl (C=O) groups excluding carboxylic acids is 1. The minimum atomic E-state index is -0.406. The number of anilines is 2. The van der Waals surface area contributed by atoms with Crippen molar-refractivity contribution in [3.05, 3.63) is 58.3 Å². The molecule has 2 aromatic rings. The van der Waals surface area contributed by atoms with E-state index in [1.54, 1.807) is 23.2 Å². The largest absolute Gasteiger partial charge is 0.364 e. The molecular weight excluding hydrogens is 308 g/mol. The first-order chi connectivity index (χ1) is 11.5. The average Bonchev–Trinajstić information content (AvgIpc) is 3.01. The third-order valence-corrected chi connectivity index (χ3v) is 4.08. The van der Waals surface area contributed by atoms with Crippen molar-refractivity contribution in [1.29, 1.82) is 0 Å². The number of carbonyl (C=O) groups is 1. The summed E-state index contributed by atoms with van der Waals surface area (Å²) in [6.45, 7) is 2.65. The van der Waals surface area contributed by atoms with E-state index in [9.17, 15) is 14.9 Å². The smallest absolute Gasteiger partial charge is 0.269 e. The molecule has 1 aliphatic heterocycles. The van der Waals surface area contributed by atoms with Crippen LogP contribution in [0.3, 0.4) is 0 Å². The maximum Gasteiger partial charge on any atom is 0.269 e. The molecule has 1 saturated heterocycles. The van der Waals surface area contributed by atoms with Gasteiger partial charge in [0.15, 0.2) is 0 Å². The van der Waals surface area contributed by atoms with Crippen LogP contribution in [0, 0.1) is 10.1 Å². The van der Waals surface area contributed by atoms with E-state index < -0.39 is 4.92 Å². The summed E-state index contributed by atoms with van der Waals surface area (Å²) in [7, 11) is 0. The molecule has 3 rings (SSSR count). The van der Waals surface area contributed by atoms with E-state index in [1.807, 2.05) is 25.1 Å². The predicted molar refractivity (Wildman–Crippen MR) is 91.0 cm³/mol. The van der Waals surface area contributed by atoms with E-state index in [-0.39, 0.29) is 17.6 Å². The standard InChI is InChI=1S/C17H18N4O3/c1-12(13-4-2-5-14(10-13)21(23)24)19-16-8-7-15(11-18-16)20-9-3-6-17(20)22/h2,4-5,7-8,10-12H,3,6,9H2,1H3,(H,18,19)/t12-/m0/s1. The summed E-state index contributed by atoms with van der Waals surface area (Å²) in [6, 6.07) is 10.1. The first kappa shape index (κ1) is 15.9. The molecule has 1 atom stereocenters. The number of nitro groups is 1. The number of aromatic nitrogens is 1. The number of amides is 1. The van der Waals surface area contributed by atoms with Crippen LogP contribution in [0.1, 0.15) is 31.4 Å². The molecule has 1 N–H and O–H groups in total. The summed E-state index contributed by atoms with van der Waals surface area (Å²) < 4.78 is 0. The Morgan fingerprint density at radius 3 is 2.79 bits per heavy atom. The van der Waals surface area contributed by atoms with Crippen LogP contribution in [0.15, 0.2) is 42.6 Å². The Hall–Kier alpha value is -2.96. The Labute approximate surface area is 139 Å². The Balaban J connectivity index is 1.70. The number of hydrogen-bond acceptors (Lipinski definition) is 5. The van der Waals surface area contributed by atoms with Crippen molar-refractivity contribution in [1.82, 2.24) is 4.98 Å². The molecule has 0 aliphatic carbocycles. The van der Waals surface area contributed by atoms with Crippen molar-refractivity contribution in [3.8, 4) is 0 Å². The topological polar surface area (TPSA) is 88.4 Å². The lowest BCUT2D eigenvalue weighted by Gasteiger charge is -2.17. The lowest BCUT2D eigenvalue weighted by atomic mass is 10.1. The third-order valence-electron chi connectivity index (χ3n) is 4.08. The van der Waals surface area contributed by atoms with E-state index in [2.05, 4.69) is 10.3 Å². The number of nitrogens with zero attached hydrogens (tertiary/aromatic N) is 3. The van der Waals surface area contributed by atoms with Gasteiger partial charge < -0.3 is 10.2 Å². The highest BCUT2D eigenvalue weighted by Crippen LogP contribution is 2.24. The maximum absolute atomic E-state index is 11.7. The second-order valence-corrected chi connectivity index (χ2v) is 5.77. The zero-order valence-electron chi connectivity index (χ0n) is 13.3. The van der Waals surface area contributed by atoms with Crippen molar-refractivity contribution in [2.24, 2.45) is 0 Å². The van der Waals surface area contributed by atoms with Crippen LogP contribution >= 0.6 is 0 Å². The first-order valence-corrected chi connectivity index (χ1v) is 7.82. The van der Waals surface area contributed by atoms with Crippen molar-refractivity contribution in [2.45, 2.75) is 25.8 Å². The quantitative estimate of drug-likeness (QED) is 0.673. The number of nitrogens with one attached hydrogen (secondary N) is 1. The summed E-state index contributed by atoms with van der Waals surface area (Å²) in [4.78, 5) is 28.3. The highest BCUT2D eigenvalue weighted by atomic mass is 16.6. The molecule has 124 valence electrons. The van der Waals surface area contributed by atoms with E-state index >= 15 is 0 Å². The van der Waals surface area contributed by atoms with Crippen LogP contribution in [0.2, 0.25) is 0 Å². The third kappa shape index (κ3) is 3.34. The Morgan fingerprint density at radius 2 is 2.17 bits per heavy atom. The van der Waals surface area contributed by atoms with Gasteiger partial charge in [-0.3, -0.25) is 14.9 Å². The van der Waals surface area contributed by atoms with Gasteiger partial charge >= 0.3 is 0 Å². The van der Waals surface area contributed by atoms with Crippen LogP contribution in [0.5, 0.6) is 0 Å². The molecule has 1 fully saturated rings. The van der Waals surface area contributed by atoms with Gasteiger partial charge in [-0.2, -0.15) is 0 Å². The molecule has 0 saturated carbocycles. The van der Waals surface area contributed by atoms with Crippen molar-refractivity contribution in [3.63, 3.8) is 0 Å². The lowest BCUT2D eigenvalue weighted by Crippen LogP contribution is -2.23. The second kappa shape index (κ2) is 6.66. The van der Waals surface area contributed by atoms with Crippen molar-refractivity contribution in [2.75, 3.05) is 16.8 Å². The molecule has 1 aliphatic rings. The zero-order valence-corrected chi connectivity index (χ0v) is 13.3.